The van der Waals surface area contributed by atoms with E-state index in [2.05, 4.69) is 0 Å². The van der Waals surface area contributed by atoms with Gasteiger partial charge < -0.3 is 15.7 Å². The molecule has 1 aromatic rings. The summed E-state index contributed by atoms with van der Waals surface area (Å²) in [5, 5.41) is 9.37. The van der Waals surface area contributed by atoms with Gasteiger partial charge in [0, 0.05) is 13.1 Å². The molecule has 5 heteroatoms. The van der Waals surface area contributed by atoms with Crippen LogP contribution in [0.2, 0.25) is 0 Å². The smallest absolute Gasteiger partial charge is 0.239 e. The summed E-state index contributed by atoms with van der Waals surface area (Å²) in [7, 11) is 0. The van der Waals surface area contributed by atoms with Gasteiger partial charge in [-0.25, -0.2) is 4.39 Å². The highest BCUT2D eigenvalue weighted by Gasteiger charge is 2.28. The summed E-state index contributed by atoms with van der Waals surface area (Å²) in [5.74, 6) is -0.461. The Labute approximate surface area is 105 Å². The Morgan fingerprint density at radius 1 is 1.50 bits per heavy atom. The fraction of sp³-hybridized carbons (Fsp3) is 0.462. The zero-order chi connectivity index (χ0) is 13.1. The average molecular weight is 252 g/mol. The van der Waals surface area contributed by atoms with Gasteiger partial charge in [0.1, 0.15) is 5.82 Å². The molecule has 4 nitrogen and oxygen atoms in total. The summed E-state index contributed by atoms with van der Waals surface area (Å²) < 4.78 is 12.7. The number of nitrogens with two attached hydrogens (primary N) is 1. The largest absolute Gasteiger partial charge is 0.391 e. The number of amides is 1. The molecule has 0 aromatic heterocycles. The van der Waals surface area contributed by atoms with Crippen molar-refractivity contribution in [3.05, 3.63) is 35.6 Å². The molecule has 98 valence electrons. The van der Waals surface area contributed by atoms with Gasteiger partial charge in [-0.2, -0.15) is 0 Å². The van der Waals surface area contributed by atoms with Gasteiger partial charge in [-0.15, -0.1) is 0 Å². The Morgan fingerprint density at radius 3 is 2.72 bits per heavy atom. The number of likely N-dealkylation sites (tertiary alicyclic amines) is 1. The molecule has 0 saturated carbocycles. The normalized spacial score (nSPS) is 21.1. The number of hydrogen-bond donors (Lipinski definition) is 2. The van der Waals surface area contributed by atoms with Crippen molar-refractivity contribution in [1.29, 1.82) is 0 Å². The molecule has 1 amide bonds. The van der Waals surface area contributed by atoms with E-state index in [1.807, 2.05) is 0 Å². The maximum atomic E-state index is 12.7. The van der Waals surface area contributed by atoms with Crippen molar-refractivity contribution in [3.63, 3.8) is 0 Å². The SMILES string of the molecule is N[C@@H](Cc1ccc(F)cc1)C(=O)N1CC[C@H](O)C1. The third-order valence-corrected chi connectivity index (χ3v) is 3.16. The summed E-state index contributed by atoms with van der Waals surface area (Å²) >= 11 is 0. The van der Waals surface area contributed by atoms with Gasteiger partial charge in [0.05, 0.1) is 12.1 Å². The second-order valence-corrected chi connectivity index (χ2v) is 4.66. The van der Waals surface area contributed by atoms with Gasteiger partial charge in [-0.3, -0.25) is 4.79 Å². The van der Waals surface area contributed by atoms with E-state index in [9.17, 15) is 14.3 Å². The highest BCUT2D eigenvalue weighted by molar-refractivity contribution is 5.82. The molecule has 18 heavy (non-hydrogen) atoms. The van der Waals surface area contributed by atoms with Gasteiger partial charge in [0.25, 0.3) is 0 Å². The molecule has 1 aliphatic heterocycles. The number of hydrogen-bond acceptors (Lipinski definition) is 3. The summed E-state index contributed by atoms with van der Waals surface area (Å²) in [6, 6.07) is 5.32. The van der Waals surface area contributed by atoms with Gasteiger partial charge in [0.15, 0.2) is 0 Å². The second kappa shape index (κ2) is 5.46. The highest BCUT2D eigenvalue weighted by Crippen LogP contribution is 2.12. The maximum Gasteiger partial charge on any atom is 0.239 e. The quantitative estimate of drug-likeness (QED) is 0.812. The second-order valence-electron chi connectivity index (χ2n) is 4.66. The van der Waals surface area contributed by atoms with Crippen LogP contribution >= 0.6 is 0 Å². The van der Waals surface area contributed by atoms with Crippen LogP contribution in [-0.2, 0) is 11.2 Å². The molecule has 0 radical (unpaired) electrons. The lowest BCUT2D eigenvalue weighted by atomic mass is 10.1. The minimum atomic E-state index is -0.638. The number of carbonyl (C=O) groups is 1. The molecule has 0 aliphatic carbocycles. The Morgan fingerprint density at radius 2 is 2.17 bits per heavy atom. The third kappa shape index (κ3) is 3.05. The number of benzene rings is 1. The molecular formula is C13H17FN2O2. The van der Waals surface area contributed by atoms with E-state index in [1.165, 1.54) is 12.1 Å². The van der Waals surface area contributed by atoms with Gasteiger partial charge in [-0.05, 0) is 30.5 Å². The molecule has 1 aromatic carbocycles. The lowest BCUT2D eigenvalue weighted by molar-refractivity contribution is -0.131. The summed E-state index contributed by atoms with van der Waals surface area (Å²) in [4.78, 5) is 13.6. The van der Waals surface area contributed by atoms with Crippen molar-refractivity contribution in [2.75, 3.05) is 13.1 Å². The van der Waals surface area contributed by atoms with Crippen molar-refractivity contribution >= 4 is 5.91 Å². The van der Waals surface area contributed by atoms with Gasteiger partial charge in [-0.1, -0.05) is 12.1 Å². The summed E-state index contributed by atoms with van der Waals surface area (Å²) in [5.41, 5.74) is 6.68. The molecule has 1 aliphatic rings. The van der Waals surface area contributed by atoms with Crippen LogP contribution in [-0.4, -0.2) is 41.1 Å². The summed E-state index contributed by atoms with van der Waals surface area (Å²) in [6.45, 7) is 0.910. The van der Waals surface area contributed by atoms with Crippen molar-refractivity contribution in [1.82, 2.24) is 4.90 Å². The Balaban J connectivity index is 1.93. The Hall–Kier alpha value is -1.46. The third-order valence-electron chi connectivity index (χ3n) is 3.16. The van der Waals surface area contributed by atoms with Crippen LogP contribution in [0.1, 0.15) is 12.0 Å². The van der Waals surface area contributed by atoms with Crippen LogP contribution in [0.4, 0.5) is 4.39 Å². The molecule has 1 heterocycles. The highest BCUT2D eigenvalue weighted by atomic mass is 19.1. The average Bonchev–Trinajstić information content (AvgIpc) is 2.78. The lowest BCUT2D eigenvalue weighted by Gasteiger charge is -2.20. The van der Waals surface area contributed by atoms with E-state index in [4.69, 9.17) is 5.73 Å². The number of halogens is 1. The standard InChI is InChI=1S/C13H17FN2O2/c14-10-3-1-9(2-4-10)7-12(15)13(18)16-6-5-11(17)8-16/h1-4,11-12,17H,5-8,15H2/t11-,12-/m0/s1. The first kappa shape index (κ1) is 13.0. The molecular weight excluding hydrogens is 235 g/mol. The van der Waals surface area contributed by atoms with Crippen LogP contribution in [0.25, 0.3) is 0 Å². The lowest BCUT2D eigenvalue weighted by Crippen LogP contribution is -2.44. The number of aliphatic hydroxyl groups excluding tert-OH is 1. The topological polar surface area (TPSA) is 66.6 Å². The van der Waals surface area contributed by atoms with E-state index < -0.39 is 12.1 Å². The van der Waals surface area contributed by atoms with Crippen LogP contribution in [0, 0.1) is 5.82 Å². The van der Waals surface area contributed by atoms with E-state index in [0.29, 0.717) is 25.9 Å². The van der Waals surface area contributed by atoms with Crippen LogP contribution in [0.15, 0.2) is 24.3 Å². The predicted molar refractivity (Wildman–Crippen MR) is 65.3 cm³/mol. The monoisotopic (exact) mass is 252 g/mol. The Bertz CT molecular complexity index is 422. The number of rotatable bonds is 3. The van der Waals surface area contributed by atoms with Crippen molar-refractivity contribution in [2.45, 2.75) is 25.0 Å². The zero-order valence-corrected chi connectivity index (χ0v) is 10.1. The maximum absolute atomic E-state index is 12.7. The molecule has 3 N–H and O–H groups in total. The van der Waals surface area contributed by atoms with Crippen molar-refractivity contribution in [3.8, 4) is 0 Å². The van der Waals surface area contributed by atoms with E-state index in [-0.39, 0.29) is 11.7 Å². The molecule has 1 fully saturated rings. The minimum Gasteiger partial charge on any atom is -0.391 e. The van der Waals surface area contributed by atoms with Crippen LogP contribution in [0.5, 0.6) is 0 Å². The van der Waals surface area contributed by atoms with Gasteiger partial charge >= 0.3 is 0 Å². The molecule has 2 atom stereocenters. The Kier molecular flexibility index (Phi) is 3.93. The fourth-order valence-corrected chi connectivity index (χ4v) is 2.14. The summed E-state index contributed by atoms with van der Waals surface area (Å²) in [6.07, 6.45) is 0.549. The molecule has 0 spiro atoms. The minimum absolute atomic E-state index is 0.157. The predicted octanol–water partition coefficient (Wildman–Crippen LogP) is 0.289. The fourth-order valence-electron chi connectivity index (χ4n) is 2.14. The first-order valence-corrected chi connectivity index (χ1v) is 6.03. The van der Waals surface area contributed by atoms with Crippen LogP contribution < -0.4 is 5.73 Å². The van der Waals surface area contributed by atoms with E-state index in [0.717, 1.165) is 5.56 Å². The zero-order valence-electron chi connectivity index (χ0n) is 10.1. The van der Waals surface area contributed by atoms with Crippen molar-refractivity contribution in [2.24, 2.45) is 5.73 Å². The van der Waals surface area contributed by atoms with E-state index in [1.54, 1.807) is 17.0 Å². The van der Waals surface area contributed by atoms with E-state index >= 15 is 0 Å². The first-order chi connectivity index (χ1) is 8.56. The number of nitrogens with zero attached hydrogens (tertiary/aromatic N) is 1. The molecule has 2 rings (SSSR count). The molecule has 0 unspecified atom stereocenters. The van der Waals surface area contributed by atoms with Gasteiger partial charge in [0.2, 0.25) is 5.91 Å². The number of aliphatic hydroxyl groups is 1. The molecule has 1 saturated heterocycles. The van der Waals surface area contributed by atoms with Crippen LogP contribution in [0.3, 0.4) is 0 Å². The molecule has 0 bridgehead atoms. The number of carbonyl (C=O) groups excluding carboxylic acids is 1. The number of β-amino-alcohol motifs (C(OH)–C–C–N with tert-alkyl or cyclic N) is 1. The van der Waals surface area contributed by atoms with Crippen molar-refractivity contribution < 1.29 is 14.3 Å². The first-order valence-electron chi connectivity index (χ1n) is 6.03.